The van der Waals surface area contributed by atoms with Gasteiger partial charge in [0.15, 0.2) is 23.0 Å². The molecule has 4 saturated heterocycles. The van der Waals surface area contributed by atoms with Crippen molar-refractivity contribution in [3.8, 4) is 23.0 Å². The van der Waals surface area contributed by atoms with Gasteiger partial charge in [0, 0.05) is 115 Å². The number of aryl methyl sites for hydroxylation is 2. The average molecular weight is 1080 g/mol. The highest BCUT2D eigenvalue weighted by Gasteiger charge is 2.45. The Morgan fingerprint density at radius 3 is 1.36 bits per heavy atom. The number of carbonyl (C=O) groups excluding carboxylic acids is 3. The quantitative estimate of drug-likeness (QED) is 0.211. The first-order valence-electron chi connectivity index (χ1n) is 25.1. The van der Waals surface area contributed by atoms with Crippen molar-refractivity contribution in [2.24, 2.45) is 0 Å². The maximum absolute atomic E-state index is 14.0. The van der Waals surface area contributed by atoms with E-state index in [4.69, 9.17) is 23.7 Å². The van der Waals surface area contributed by atoms with E-state index in [1.807, 2.05) is 24.3 Å². The molecule has 3 amide bonds. The van der Waals surface area contributed by atoms with Crippen LogP contribution in [0.3, 0.4) is 0 Å². The first-order valence-corrected chi connectivity index (χ1v) is 28.0. The predicted octanol–water partition coefficient (Wildman–Crippen LogP) is 4.29. The minimum absolute atomic E-state index is 0.0250. The summed E-state index contributed by atoms with van der Waals surface area (Å²) in [5.41, 5.74) is 3.91. The van der Waals surface area contributed by atoms with Gasteiger partial charge < -0.3 is 53.5 Å². The van der Waals surface area contributed by atoms with Crippen molar-refractivity contribution in [1.82, 2.24) is 28.6 Å². The monoisotopic (exact) mass is 1080 g/mol. The molecule has 0 saturated carbocycles. The lowest BCUT2D eigenvalue weighted by Gasteiger charge is -2.43. The molecule has 8 rings (SSSR count). The Balaban J connectivity index is 0.000000222. The normalized spacial score (nSPS) is 19.1. The van der Waals surface area contributed by atoms with E-state index in [2.05, 4.69) is 53.2 Å². The van der Waals surface area contributed by atoms with Crippen LogP contribution in [0, 0.1) is 13.8 Å². The number of hydrogen-bond donors (Lipinski definition) is 1. The molecule has 4 aromatic rings. The minimum atomic E-state index is -4.14. The molecule has 0 bridgehead atoms. The number of benzene rings is 4. The number of anilines is 2. The molecule has 4 heterocycles. The van der Waals surface area contributed by atoms with Gasteiger partial charge in [-0.25, -0.2) is 21.6 Å². The van der Waals surface area contributed by atoms with Crippen molar-refractivity contribution in [3.05, 3.63) is 96.1 Å². The van der Waals surface area contributed by atoms with Gasteiger partial charge in [0.2, 0.25) is 31.9 Å². The third kappa shape index (κ3) is 12.9. The van der Waals surface area contributed by atoms with Crippen molar-refractivity contribution in [3.63, 3.8) is 0 Å². The molecule has 2 atom stereocenters. The van der Waals surface area contributed by atoms with E-state index in [1.165, 1.54) is 83.5 Å². The van der Waals surface area contributed by atoms with Crippen LogP contribution in [0.5, 0.6) is 23.0 Å². The highest BCUT2D eigenvalue weighted by Crippen LogP contribution is 2.34. The van der Waals surface area contributed by atoms with Gasteiger partial charge in [-0.1, -0.05) is 36.4 Å². The highest BCUT2D eigenvalue weighted by molar-refractivity contribution is 7.89. The molecule has 75 heavy (non-hydrogen) atoms. The number of nitrogens with one attached hydrogen (secondary N) is 1. The summed E-state index contributed by atoms with van der Waals surface area (Å²) in [4.78, 5) is 49.9. The molecular formula is C53H72N8O12S2. The summed E-state index contributed by atoms with van der Waals surface area (Å²) in [6, 6.07) is 23.2. The van der Waals surface area contributed by atoms with Gasteiger partial charge in [-0.15, -0.1) is 0 Å². The van der Waals surface area contributed by atoms with E-state index in [9.17, 15) is 31.2 Å². The third-order valence-corrected chi connectivity index (χ3v) is 17.6. The van der Waals surface area contributed by atoms with Crippen LogP contribution in [0.2, 0.25) is 0 Å². The molecule has 1 N–H and O–H groups in total. The molecule has 4 fully saturated rings. The van der Waals surface area contributed by atoms with Crippen LogP contribution in [0.4, 0.5) is 16.2 Å². The van der Waals surface area contributed by atoms with Crippen molar-refractivity contribution >= 4 is 49.3 Å². The zero-order valence-electron chi connectivity index (χ0n) is 44.5. The van der Waals surface area contributed by atoms with Crippen LogP contribution in [0.1, 0.15) is 31.9 Å². The van der Waals surface area contributed by atoms with Crippen molar-refractivity contribution in [2.75, 3.05) is 130 Å². The van der Waals surface area contributed by atoms with E-state index in [1.54, 1.807) is 36.6 Å². The van der Waals surface area contributed by atoms with Crippen molar-refractivity contribution < 1.29 is 54.9 Å². The Morgan fingerprint density at radius 1 is 0.520 bits per heavy atom. The van der Waals surface area contributed by atoms with Crippen LogP contribution in [-0.4, -0.2) is 196 Å². The maximum atomic E-state index is 14.0. The van der Waals surface area contributed by atoms with Gasteiger partial charge in [0.1, 0.15) is 17.7 Å². The topological polar surface area (TPSA) is 200 Å². The smallest absolute Gasteiger partial charge is 0.410 e. The Bertz CT molecular complexity index is 2890. The molecule has 0 aromatic heterocycles. The Morgan fingerprint density at radius 2 is 0.933 bits per heavy atom. The fourth-order valence-corrected chi connectivity index (χ4v) is 12.9. The van der Waals surface area contributed by atoms with Gasteiger partial charge in [-0.05, 0) is 82.1 Å². The lowest BCUT2D eigenvalue weighted by Crippen LogP contribution is -2.63. The number of rotatable bonds is 12. The molecule has 0 aliphatic carbocycles. The molecule has 0 radical (unpaired) electrons. The van der Waals surface area contributed by atoms with Crippen LogP contribution in [0.25, 0.3) is 0 Å². The second kappa shape index (κ2) is 24.1. The maximum Gasteiger partial charge on any atom is 0.410 e. The zero-order valence-corrected chi connectivity index (χ0v) is 46.1. The number of methoxy groups -OCH3 is 4. The Labute approximate surface area is 442 Å². The lowest BCUT2D eigenvalue weighted by molar-refractivity contribution is -0.137. The van der Waals surface area contributed by atoms with Gasteiger partial charge >= 0.3 is 6.09 Å². The number of hydrogen-bond acceptors (Lipinski definition) is 15. The summed E-state index contributed by atoms with van der Waals surface area (Å²) in [5.74, 6) is 0.916. The van der Waals surface area contributed by atoms with Crippen LogP contribution < -0.4 is 34.1 Å². The molecular weight excluding hydrogens is 1000 g/mol. The molecule has 4 aliphatic heterocycles. The summed E-state index contributed by atoms with van der Waals surface area (Å²) in [5, 5.41) is 3.18. The van der Waals surface area contributed by atoms with Crippen LogP contribution in [0.15, 0.2) is 94.7 Å². The van der Waals surface area contributed by atoms with Gasteiger partial charge in [-0.2, -0.15) is 8.61 Å². The standard InChI is InChI=1S/C29H40N4O7S.C24H32N4O5S/c1-21-9-7-8-10-23(21)30-13-15-31(16-14-30)27(34)24-20-32(28(35)40-29(2,3)4)17-18-33(24)41(36,37)22-11-12-25(38-5)26(19-22)39-6;1-18-6-4-5-7-20(18)26-12-14-27(15-13-26)24(29)21-17-25-10-11-28(21)34(30,31)19-8-9-22(32-2)23(16-19)33-3/h7-12,19,24H,13-18,20H2,1-6H3;4-9,16,21,25H,10-15,17H2,1-3H3. The van der Waals surface area contributed by atoms with Crippen molar-refractivity contribution in [2.45, 2.75) is 62.1 Å². The number of nitrogens with zero attached hydrogens (tertiary/aromatic N) is 7. The summed E-state index contributed by atoms with van der Waals surface area (Å²) < 4.78 is 84.2. The molecule has 4 aromatic carbocycles. The SMILES string of the molecule is COc1ccc(S(=O)(=O)N2CCN(C(=O)OC(C)(C)C)CC2C(=O)N2CCN(c3ccccc3C)CC2)cc1OC.COc1ccc(S(=O)(=O)N2CCNCC2C(=O)N2CCN(c3ccccc3C)CC2)cc1OC. The van der Waals surface area contributed by atoms with Crippen LogP contribution in [-0.2, 0) is 34.4 Å². The van der Waals surface area contributed by atoms with E-state index in [0.29, 0.717) is 76.2 Å². The van der Waals surface area contributed by atoms with E-state index < -0.39 is 43.8 Å². The number of amides is 3. The molecule has 408 valence electrons. The fraction of sp³-hybridized carbons (Fsp3) is 0.491. The molecule has 4 aliphatic rings. The van der Waals surface area contributed by atoms with Gasteiger partial charge in [0.25, 0.3) is 0 Å². The molecule has 2 unspecified atom stereocenters. The molecule has 22 heteroatoms. The predicted molar refractivity (Wildman–Crippen MR) is 285 cm³/mol. The second-order valence-corrected chi connectivity index (χ2v) is 23.4. The summed E-state index contributed by atoms with van der Waals surface area (Å²) in [6.07, 6.45) is -0.581. The van der Waals surface area contributed by atoms with Gasteiger partial charge in [0.05, 0.1) is 38.2 Å². The second-order valence-electron chi connectivity index (χ2n) is 19.6. The van der Waals surface area contributed by atoms with E-state index in [-0.39, 0.29) is 60.1 Å². The average Bonchev–Trinajstić information content (AvgIpc) is 3.42. The Hall–Kier alpha value is -6.33. The highest BCUT2D eigenvalue weighted by atomic mass is 32.2. The summed E-state index contributed by atoms with van der Waals surface area (Å²) in [7, 11) is -2.20. The minimum Gasteiger partial charge on any atom is -0.493 e. The largest absolute Gasteiger partial charge is 0.493 e. The Kier molecular flexibility index (Phi) is 18.1. The number of piperazine rings is 4. The summed E-state index contributed by atoms with van der Waals surface area (Å²) >= 11 is 0. The molecule has 20 nitrogen and oxygen atoms in total. The molecule has 0 spiro atoms. The summed E-state index contributed by atoms with van der Waals surface area (Å²) in [6.45, 7) is 14.9. The lowest BCUT2D eigenvalue weighted by atomic mass is 10.1. The van der Waals surface area contributed by atoms with Gasteiger partial charge in [-0.3, -0.25) is 9.59 Å². The number of sulfonamides is 2. The first-order chi connectivity index (χ1) is 35.7. The van der Waals surface area contributed by atoms with Crippen molar-refractivity contribution in [1.29, 1.82) is 0 Å². The number of ether oxygens (including phenoxy) is 5. The third-order valence-electron chi connectivity index (χ3n) is 13.8. The van der Waals surface area contributed by atoms with E-state index in [0.717, 1.165) is 11.3 Å². The number of carbonyl (C=O) groups is 3. The fourth-order valence-electron chi connectivity index (χ4n) is 9.75. The zero-order chi connectivity index (χ0) is 54.2. The van der Waals surface area contributed by atoms with E-state index >= 15 is 0 Å². The first kappa shape index (κ1) is 56.4. The van der Waals surface area contributed by atoms with Crippen LogP contribution >= 0.6 is 0 Å². The number of para-hydroxylation sites is 2.